The molecule has 1 heterocycles. The molecule has 1 heteroatoms. The highest BCUT2D eigenvalue weighted by atomic mass is 16.3. The van der Waals surface area contributed by atoms with Gasteiger partial charge in [0.05, 0.1) is 12.5 Å². The standard InChI is InChI=1S/C4H3O/c1-2-4-5-3-1/h1,3-4H/p+1. The Morgan fingerprint density at radius 1 is 1.80 bits per heavy atom. The molecule has 0 unspecified atom stereocenters. The van der Waals surface area contributed by atoms with E-state index < -0.39 is 0 Å². The van der Waals surface area contributed by atoms with Crippen LogP contribution in [0.2, 0.25) is 0 Å². The lowest BCUT2D eigenvalue weighted by molar-refractivity contribution is 0.567. The molecule has 1 aromatic rings. The summed E-state index contributed by atoms with van der Waals surface area (Å²) in [6, 6.07) is 4.40. The van der Waals surface area contributed by atoms with E-state index in [2.05, 4.69) is 10.5 Å². The van der Waals surface area contributed by atoms with E-state index in [0.29, 0.717) is 0 Å². The molecule has 0 saturated heterocycles. The van der Waals surface area contributed by atoms with Crippen LogP contribution in [0.5, 0.6) is 0 Å². The summed E-state index contributed by atoms with van der Waals surface area (Å²) in [7, 11) is 0. The molecule has 1 radical (unpaired) electrons. The maximum absolute atomic E-state index is 4.53. The van der Waals surface area contributed by atoms with Crippen LogP contribution in [0.1, 0.15) is 1.43 Å². The Kier molecular flexibility index (Phi) is 0.468. The molecule has 5 heavy (non-hydrogen) atoms. The van der Waals surface area contributed by atoms with E-state index in [9.17, 15) is 0 Å². The Morgan fingerprint density at radius 2 is 2.80 bits per heavy atom. The van der Waals surface area contributed by atoms with E-state index in [1.165, 1.54) is 6.26 Å². The van der Waals surface area contributed by atoms with E-state index in [4.69, 9.17) is 0 Å². The van der Waals surface area contributed by atoms with Gasteiger partial charge in [0, 0.05) is 6.07 Å². The fraction of sp³-hybridized carbons (Fsp3) is 0. The molecule has 0 aliphatic rings. The van der Waals surface area contributed by atoms with Gasteiger partial charge in [-0.15, -0.1) is 0 Å². The predicted molar refractivity (Wildman–Crippen MR) is 18.7 cm³/mol. The third-order valence-electron chi connectivity index (χ3n) is 0.379. The maximum Gasteiger partial charge on any atom is 1.00 e. The lowest BCUT2D eigenvalue weighted by Crippen LogP contribution is -1.19. The molecule has 0 bridgehead atoms. The minimum atomic E-state index is 0. The topological polar surface area (TPSA) is 13.1 Å². The summed E-state index contributed by atoms with van der Waals surface area (Å²) in [5.74, 6) is 0. The molecule has 0 N–H and O–H groups in total. The lowest BCUT2D eigenvalue weighted by atomic mass is 10.7. The highest BCUT2D eigenvalue weighted by Gasteiger charge is 1.60. The Hall–Kier alpha value is -0.720. The average molecular weight is 68.1 g/mol. The zero-order valence-electron chi connectivity index (χ0n) is 3.64. The third-order valence-corrected chi connectivity index (χ3v) is 0.379. The molecule has 0 amide bonds. The van der Waals surface area contributed by atoms with Gasteiger partial charge in [0.2, 0.25) is 0 Å². The van der Waals surface area contributed by atoms with Gasteiger partial charge < -0.3 is 4.42 Å². The van der Waals surface area contributed by atoms with Gasteiger partial charge in [0.15, 0.2) is 0 Å². The monoisotopic (exact) mass is 68.0 g/mol. The molecule has 0 fully saturated rings. The van der Waals surface area contributed by atoms with Crippen molar-refractivity contribution in [2.75, 3.05) is 0 Å². The van der Waals surface area contributed by atoms with Crippen LogP contribution in [0.25, 0.3) is 0 Å². The van der Waals surface area contributed by atoms with Gasteiger partial charge in [-0.1, -0.05) is 0 Å². The molecule has 0 aromatic carbocycles. The fourth-order valence-corrected chi connectivity index (χ4v) is 0.196. The first-order valence-corrected chi connectivity index (χ1v) is 1.38. The smallest absolute Gasteiger partial charge is 0.472 e. The Morgan fingerprint density at radius 3 is 3.00 bits per heavy atom. The van der Waals surface area contributed by atoms with Gasteiger partial charge in [-0.3, -0.25) is 0 Å². The second kappa shape index (κ2) is 0.931. The van der Waals surface area contributed by atoms with E-state index in [-0.39, 0.29) is 1.43 Å². The minimum Gasteiger partial charge on any atom is -0.472 e. The molecule has 0 spiro atoms. The van der Waals surface area contributed by atoms with Crippen molar-refractivity contribution in [1.82, 2.24) is 0 Å². The molecule has 0 atom stereocenters. The van der Waals surface area contributed by atoms with E-state index in [0.717, 1.165) is 0 Å². The van der Waals surface area contributed by atoms with Gasteiger partial charge in [0.25, 0.3) is 0 Å². The van der Waals surface area contributed by atoms with Crippen molar-refractivity contribution in [2.24, 2.45) is 0 Å². The Bertz CT molecular complexity index is 64.0. The molecular weight excluding hydrogens is 64.0 g/mol. The predicted octanol–water partition coefficient (Wildman–Crippen LogP) is 1.19. The highest BCUT2D eigenvalue weighted by molar-refractivity contribution is 4.76. The van der Waals surface area contributed by atoms with Gasteiger partial charge in [-0.25, -0.2) is 0 Å². The highest BCUT2D eigenvalue weighted by Crippen LogP contribution is 1.78. The van der Waals surface area contributed by atoms with Crippen LogP contribution in [0, 0.1) is 6.07 Å². The van der Waals surface area contributed by atoms with Gasteiger partial charge in [-0.05, 0) is 6.07 Å². The van der Waals surface area contributed by atoms with Crippen LogP contribution in [0.15, 0.2) is 23.0 Å². The van der Waals surface area contributed by atoms with Crippen LogP contribution >= 0.6 is 0 Å². The normalized spacial score (nSPS) is 8.00. The Balaban J connectivity index is 0.000000250. The van der Waals surface area contributed by atoms with Crippen molar-refractivity contribution in [3.8, 4) is 0 Å². The van der Waals surface area contributed by atoms with E-state index >= 15 is 0 Å². The summed E-state index contributed by atoms with van der Waals surface area (Å²) in [6.45, 7) is 0. The average Bonchev–Trinajstić information content (AvgIpc) is 1.76. The number of hydrogen-bond donors (Lipinski definition) is 0. The third kappa shape index (κ3) is 0.293. The maximum atomic E-state index is 4.53. The lowest BCUT2D eigenvalue weighted by Gasteiger charge is -1.50. The molecule has 0 saturated carbocycles. The van der Waals surface area contributed by atoms with Crippen molar-refractivity contribution >= 4 is 0 Å². The van der Waals surface area contributed by atoms with Crippen molar-refractivity contribution in [2.45, 2.75) is 0 Å². The number of rotatable bonds is 0. The van der Waals surface area contributed by atoms with E-state index in [1.807, 2.05) is 0 Å². The molecule has 1 aromatic heterocycles. The van der Waals surface area contributed by atoms with Crippen molar-refractivity contribution in [3.05, 3.63) is 24.7 Å². The van der Waals surface area contributed by atoms with Crippen molar-refractivity contribution < 1.29 is 5.84 Å². The van der Waals surface area contributed by atoms with Crippen LogP contribution in [-0.2, 0) is 0 Å². The first-order chi connectivity index (χ1) is 2.50. The van der Waals surface area contributed by atoms with Gasteiger partial charge in [0.1, 0.15) is 0 Å². The summed E-state index contributed by atoms with van der Waals surface area (Å²) in [6.07, 6.45) is 3.07. The second-order valence-electron chi connectivity index (χ2n) is 0.723. The molecular formula is C4H4O+. The summed E-state index contributed by atoms with van der Waals surface area (Å²) in [5.41, 5.74) is 0. The summed E-state index contributed by atoms with van der Waals surface area (Å²) in [4.78, 5) is 0. The van der Waals surface area contributed by atoms with Gasteiger partial charge >= 0.3 is 1.43 Å². The van der Waals surface area contributed by atoms with Crippen LogP contribution < -0.4 is 0 Å². The largest absolute Gasteiger partial charge is 1.00 e. The van der Waals surface area contributed by atoms with Crippen LogP contribution in [0.3, 0.4) is 0 Å². The molecule has 1 nitrogen and oxygen atoms in total. The quantitative estimate of drug-likeness (QED) is 0.445. The van der Waals surface area contributed by atoms with Crippen LogP contribution in [-0.4, -0.2) is 0 Å². The Labute approximate surface area is 31.7 Å². The van der Waals surface area contributed by atoms with Crippen molar-refractivity contribution in [1.29, 1.82) is 0 Å². The number of hydrogen-bond acceptors (Lipinski definition) is 1. The minimum absolute atomic E-state index is 0. The molecule has 25 valence electrons. The first kappa shape index (κ1) is 2.51. The molecule has 0 aliphatic heterocycles. The number of furan rings is 1. The summed E-state index contributed by atoms with van der Waals surface area (Å²) >= 11 is 0. The molecule has 1 rings (SSSR count). The van der Waals surface area contributed by atoms with E-state index in [1.54, 1.807) is 12.3 Å². The zero-order chi connectivity index (χ0) is 3.54. The van der Waals surface area contributed by atoms with Crippen LogP contribution in [0.4, 0.5) is 0 Å². The summed E-state index contributed by atoms with van der Waals surface area (Å²) in [5, 5.41) is 0. The first-order valence-electron chi connectivity index (χ1n) is 1.38. The molecule has 0 aliphatic carbocycles. The van der Waals surface area contributed by atoms with Gasteiger partial charge in [-0.2, -0.15) is 0 Å². The van der Waals surface area contributed by atoms with Crippen molar-refractivity contribution in [3.63, 3.8) is 0 Å². The second-order valence-corrected chi connectivity index (χ2v) is 0.723. The SMILES string of the molecule is [H+].[c]1ccoc1. The summed E-state index contributed by atoms with van der Waals surface area (Å²) < 4.78 is 4.53. The fourth-order valence-electron chi connectivity index (χ4n) is 0.196. The zero-order valence-corrected chi connectivity index (χ0v) is 2.64.